The first-order chi connectivity index (χ1) is 7.50. The highest BCUT2D eigenvalue weighted by atomic mass is 16.4. The molecule has 0 saturated heterocycles. The van der Waals surface area contributed by atoms with Crippen molar-refractivity contribution in [1.29, 1.82) is 0 Å². The number of aliphatic hydroxyl groups excluding tert-OH is 1. The standard InChI is InChI=1S/C8H9N3O5/c12-5(8(15)16)2-11-7(14)4-1-10-6(13)3-9-4/h1,3,5,12H,2H2,(H,10,13)(H,11,14)(H,15,16)/t5-/m0/s1. The van der Waals surface area contributed by atoms with Gasteiger partial charge >= 0.3 is 5.97 Å². The minimum absolute atomic E-state index is 0.0720. The molecule has 0 radical (unpaired) electrons. The molecule has 8 heteroatoms. The number of nitrogens with one attached hydrogen (secondary N) is 2. The SMILES string of the molecule is O=C(NC[C@H](O)C(=O)O)c1c[nH]c(=O)cn1. The highest BCUT2D eigenvalue weighted by molar-refractivity contribution is 5.92. The smallest absolute Gasteiger partial charge is 0.334 e. The number of aliphatic carboxylic acids is 1. The highest BCUT2D eigenvalue weighted by Crippen LogP contribution is 1.88. The Morgan fingerprint density at radius 3 is 2.75 bits per heavy atom. The fourth-order valence-corrected chi connectivity index (χ4v) is 0.834. The van der Waals surface area contributed by atoms with E-state index in [9.17, 15) is 14.4 Å². The second kappa shape index (κ2) is 5.03. The molecule has 0 bridgehead atoms. The minimum atomic E-state index is -1.67. The Morgan fingerprint density at radius 2 is 2.25 bits per heavy atom. The van der Waals surface area contributed by atoms with Crippen LogP contribution in [0.25, 0.3) is 0 Å². The van der Waals surface area contributed by atoms with Gasteiger partial charge < -0.3 is 20.5 Å². The van der Waals surface area contributed by atoms with E-state index in [4.69, 9.17) is 10.2 Å². The Hall–Kier alpha value is -2.22. The van der Waals surface area contributed by atoms with Crippen LogP contribution in [-0.4, -0.2) is 44.7 Å². The van der Waals surface area contributed by atoms with Crippen LogP contribution in [0.15, 0.2) is 17.2 Å². The maximum absolute atomic E-state index is 11.3. The number of hydrogen-bond donors (Lipinski definition) is 4. The molecule has 0 aliphatic carbocycles. The summed E-state index contributed by atoms with van der Waals surface area (Å²) in [6, 6.07) is 0. The van der Waals surface area contributed by atoms with Crippen LogP contribution in [-0.2, 0) is 4.79 Å². The monoisotopic (exact) mass is 227 g/mol. The topological polar surface area (TPSA) is 132 Å². The molecule has 1 aromatic rings. The van der Waals surface area contributed by atoms with Crippen LogP contribution in [0.3, 0.4) is 0 Å². The van der Waals surface area contributed by atoms with Gasteiger partial charge in [0.05, 0.1) is 12.7 Å². The number of rotatable bonds is 4. The second-order valence-corrected chi connectivity index (χ2v) is 2.86. The van der Waals surface area contributed by atoms with Gasteiger partial charge in [0.15, 0.2) is 6.10 Å². The third-order valence-corrected chi connectivity index (χ3v) is 1.65. The van der Waals surface area contributed by atoms with Crippen molar-refractivity contribution >= 4 is 11.9 Å². The predicted octanol–water partition coefficient (Wildman–Crippen LogP) is -2.05. The molecule has 0 saturated carbocycles. The number of amides is 1. The van der Waals surface area contributed by atoms with Gasteiger partial charge in [-0.05, 0) is 0 Å². The van der Waals surface area contributed by atoms with E-state index in [1.54, 1.807) is 0 Å². The van der Waals surface area contributed by atoms with Gasteiger partial charge in [-0.3, -0.25) is 9.59 Å². The summed E-state index contributed by atoms with van der Waals surface area (Å²) in [7, 11) is 0. The number of H-pyrrole nitrogens is 1. The summed E-state index contributed by atoms with van der Waals surface area (Å²) in [6.07, 6.45) is 0.333. The highest BCUT2D eigenvalue weighted by Gasteiger charge is 2.15. The molecule has 0 fully saturated rings. The van der Waals surface area contributed by atoms with Crippen LogP contribution in [0.4, 0.5) is 0 Å². The quantitative estimate of drug-likeness (QED) is 0.467. The van der Waals surface area contributed by atoms with E-state index in [1.807, 2.05) is 0 Å². The van der Waals surface area contributed by atoms with Crippen molar-refractivity contribution in [2.75, 3.05) is 6.54 Å². The van der Waals surface area contributed by atoms with Gasteiger partial charge in [0, 0.05) is 6.20 Å². The maximum Gasteiger partial charge on any atom is 0.334 e. The Morgan fingerprint density at radius 1 is 1.56 bits per heavy atom. The van der Waals surface area contributed by atoms with E-state index in [2.05, 4.69) is 15.3 Å². The first-order valence-electron chi connectivity index (χ1n) is 4.24. The zero-order chi connectivity index (χ0) is 12.1. The summed E-state index contributed by atoms with van der Waals surface area (Å²) >= 11 is 0. The maximum atomic E-state index is 11.3. The number of aliphatic hydroxyl groups is 1. The van der Waals surface area contributed by atoms with Gasteiger partial charge in [0.1, 0.15) is 5.69 Å². The largest absolute Gasteiger partial charge is 0.479 e. The number of hydrogen-bond acceptors (Lipinski definition) is 5. The van der Waals surface area contributed by atoms with Gasteiger partial charge in [0.25, 0.3) is 11.5 Å². The Bertz CT molecular complexity index is 435. The van der Waals surface area contributed by atoms with E-state index in [-0.39, 0.29) is 5.69 Å². The summed E-state index contributed by atoms with van der Waals surface area (Å²) in [6.45, 7) is -0.436. The molecule has 0 aliphatic rings. The molecule has 0 aliphatic heterocycles. The van der Waals surface area contributed by atoms with Gasteiger partial charge in [0.2, 0.25) is 0 Å². The number of carbonyl (C=O) groups is 2. The summed E-state index contributed by atoms with van der Waals surface area (Å²) in [5.41, 5.74) is -0.528. The Kier molecular flexibility index (Phi) is 3.72. The summed E-state index contributed by atoms with van der Waals surface area (Å²) in [5, 5.41) is 19.4. The van der Waals surface area contributed by atoms with Crippen molar-refractivity contribution in [3.8, 4) is 0 Å². The molecule has 1 aromatic heterocycles. The number of carboxylic acids is 1. The fraction of sp³-hybridized carbons (Fsp3) is 0.250. The van der Waals surface area contributed by atoms with Crippen LogP contribution in [0.2, 0.25) is 0 Å². The Balaban J connectivity index is 2.56. The molecule has 0 spiro atoms. The van der Waals surface area contributed by atoms with Crippen LogP contribution in [0.1, 0.15) is 10.5 Å². The van der Waals surface area contributed by atoms with Crippen molar-refractivity contribution < 1.29 is 19.8 Å². The molecule has 1 heterocycles. The third-order valence-electron chi connectivity index (χ3n) is 1.65. The molecular formula is C8H9N3O5. The van der Waals surface area contributed by atoms with E-state index in [1.165, 1.54) is 0 Å². The van der Waals surface area contributed by atoms with Crippen LogP contribution in [0, 0.1) is 0 Å². The molecule has 1 amide bonds. The third kappa shape index (κ3) is 3.17. The summed E-state index contributed by atoms with van der Waals surface area (Å²) in [4.78, 5) is 37.9. The number of carboxylic acid groups (broad SMARTS) is 1. The molecule has 1 atom stereocenters. The van der Waals surface area contributed by atoms with Gasteiger partial charge in [-0.1, -0.05) is 0 Å². The lowest BCUT2D eigenvalue weighted by Gasteiger charge is -2.06. The molecule has 1 rings (SSSR count). The average Bonchev–Trinajstić information content (AvgIpc) is 2.26. The normalized spacial score (nSPS) is 11.8. The molecule has 16 heavy (non-hydrogen) atoms. The lowest BCUT2D eigenvalue weighted by Crippen LogP contribution is -2.37. The van der Waals surface area contributed by atoms with Crippen LogP contribution >= 0.6 is 0 Å². The van der Waals surface area contributed by atoms with Gasteiger partial charge in [-0.2, -0.15) is 0 Å². The molecule has 8 nitrogen and oxygen atoms in total. The average molecular weight is 227 g/mol. The molecule has 86 valence electrons. The number of carbonyl (C=O) groups excluding carboxylic acids is 1. The lowest BCUT2D eigenvalue weighted by atomic mass is 10.3. The molecule has 0 unspecified atom stereocenters. The predicted molar refractivity (Wildman–Crippen MR) is 50.8 cm³/mol. The van der Waals surface area contributed by atoms with E-state index < -0.39 is 30.1 Å². The first kappa shape index (κ1) is 11.9. The van der Waals surface area contributed by atoms with Crippen molar-refractivity contribution in [2.24, 2.45) is 0 Å². The number of nitrogens with zero attached hydrogens (tertiary/aromatic N) is 1. The van der Waals surface area contributed by atoms with Crippen molar-refractivity contribution in [2.45, 2.75) is 6.10 Å². The van der Waals surface area contributed by atoms with Crippen LogP contribution < -0.4 is 10.9 Å². The zero-order valence-corrected chi connectivity index (χ0v) is 8.01. The first-order valence-corrected chi connectivity index (χ1v) is 4.24. The summed E-state index contributed by atoms with van der Waals surface area (Å²) < 4.78 is 0. The number of aromatic nitrogens is 2. The van der Waals surface area contributed by atoms with Crippen molar-refractivity contribution in [3.05, 3.63) is 28.4 Å². The molecular weight excluding hydrogens is 218 g/mol. The second-order valence-electron chi connectivity index (χ2n) is 2.86. The fourth-order valence-electron chi connectivity index (χ4n) is 0.834. The Labute approximate surface area is 89.0 Å². The van der Waals surface area contributed by atoms with E-state index in [0.29, 0.717) is 0 Å². The van der Waals surface area contributed by atoms with E-state index >= 15 is 0 Å². The number of aromatic amines is 1. The zero-order valence-electron chi connectivity index (χ0n) is 8.01. The van der Waals surface area contributed by atoms with Crippen molar-refractivity contribution in [3.63, 3.8) is 0 Å². The van der Waals surface area contributed by atoms with Gasteiger partial charge in [-0.15, -0.1) is 0 Å². The van der Waals surface area contributed by atoms with Gasteiger partial charge in [-0.25, -0.2) is 9.78 Å². The van der Waals surface area contributed by atoms with Crippen molar-refractivity contribution in [1.82, 2.24) is 15.3 Å². The van der Waals surface area contributed by atoms with Crippen LogP contribution in [0.5, 0.6) is 0 Å². The summed E-state index contributed by atoms with van der Waals surface area (Å²) in [5.74, 6) is -2.12. The minimum Gasteiger partial charge on any atom is -0.479 e. The lowest BCUT2D eigenvalue weighted by molar-refractivity contribution is -0.146. The van der Waals surface area contributed by atoms with E-state index in [0.717, 1.165) is 12.4 Å². The molecule has 4 N–H and O–H groups in total. The molecule has 0 aromatic carbocycles.